The van der Waals surface area contributed by atoms with Crippen LogP contribution in [0.25, 0.3) is 0 Å². The van der Waals surface area contributed by atoms with Gasteiger partial charge in [0.15, 0.2) is 11.7 Å². The van der Waals surface area contributed by atoms with Gasteiger partial charge >= 0.3 is 6.18 Å². The summed E-state index contributed by atoms with van der Waals surface area (Å²) in [5.41, 5.74) is 0.0946. The number of benzene rings is 1. The van der Waals surface area contributed by atoms with E-state index in [1.165, 1.54) is 5.56 Å². The predicted molar refractivity (Wildman–Crippen MR) is 123 cm³/mol. The molecule has 0 bridgehead atoms. The Labute approximate surface area is 190 Å². The van der Waals surface area contributed by atoms with Gasteiger partial charge in [0.2, 0.25) is 0 Å². The Morgan fingerprint density at radius 1 is 1.17 bits per heavy atom. The van der Waals surface area contributed by atoms with Crippen LogP contribution in [0.1, 0.15) is 43.1 Å². The topological polar surface area (TPSA) is 61.3 Å². The first-order valence-corrected chi connectivity index (χ1v) is 9.77. The average molecular weight is 541 g/mol. The number of nitrogens with zero attached hydrogens (tertiary/aromatic N) is 2. The molecule has 1 atom stereocenters. The molecule has 0 fully saturated rings. The van der Waals surface area contributed by atoms with Gasteiger partial charge in [-0.3, -0.25) is 4.99 Å². The van der Waals surface area contributed by atoms with Crippen molar-refractivity contribution in [2.24, 2.45) is 4.99 Å². The van der Waals surface area contributed by atoms with Crippen LogP contribution in [0.2, 0.25) is 0 Å². The Morgan fingerprint density at radius 2 is 1.83 bits per heavy atom. The second kappa shape index (κ2) is 11.1. The Morgan fingerprint density at radius 3 is 2.38 bits per heavy atom. The SMILES string of the molecule is CN=C(NCc1nc(C(F)(F)F)cs1)NCC(C)(C)NC(C)c1ccccc1.I. The van der Waals surface area contributed by atoms with E-state index in [2.05, 4.69) is 58.8 Å². The summed E-state index contributed by atoms with van der Waals surface area (Å²) in [5, 5.41) is 11.1. The van der Waals surface area contributed by atoms with E-state index < -0.39 is 11.9 Å². The van der Waals surface area contributed by atoms with Gasteiger partial charge < -0.3 is 16.0 Å². The highest BCUT2D eigenvalue weighted by Gasteiger charge is 2.33. The fraction of sp³-hybridized carbons (Fsp3) is 0.474. The number of hydrogen-bond acceptors (Lipinski definition) is 4. The summed E-state index contributed by atoms with van der Waals surface area (Å²) in [6, 6.07) is 10.3. The van der Waals surface area contributed by atoms with Crippen LogP contribution in [0.15, 0.2) is 40.7 Å². The molecule has 1 heterocycles. The van der Waals surface area contributed by atoms with Gasteiger partial charge in [-0.15, -0.1) is 35.3 Å². The van der Waals surface area contributed by atoms with E-state index in [0.717, 1.165) is 16.7 Å². The van der Waals surface area contributed by atoms with Crippen molar-refractivity contribution >= 4 is 41.3 Å². The van der Waals surface area contributed by atoms with Crippen LogP contribution >= 0.6 is 35.3 Å². The zero-order chi connectivity index (χ0) is 20.8. The van der Waals surface area contributed by atoms with E-state index in [0.29, 0.717) is 17.5 Å². The first-order chi connectivity index (χ1) is 13.1. The van der Waals surface area contributed by atoms with Gasteiger partial charge in [0.25, 0.3) is 0 Å². The molecule has 162 valence electrons. The zero-order valence-corrected chi connectivity index (χ0v) is 19.9. The quantitative estimate of drug-likeness (QED) is 0.273. The van der Waals surface area contributed by atoms with Crippen LogP contribution < -0.4 is 16.0 Å². The number of hydrogen-bond donors (Lipinski definition) is 3. The van der Waals surface area contributed by atoms with Gasteiger partial charge in [-0.1, -0.05) is 30.3 Å². The lowest BCUT2D eigenvalue weighted by Gasteiger charge is -2.31. The summed E-state index contributed by atoms with van der Waals surface area (Å²) in [7, 11) is 1.62. The van der Waals surface area contributed by atoms with E-state index in [1.807, 2.05) is 18.2 Å². The number of alkyl halides is 3. The Kier molecular flexibility index (Phi) is 9.83. The number of thiazole rings is 1. The Hall–Kier alpha value is -1.40. The third kappa shape index (κ3) is 8.47. The highest BCUT2D eigenvalue weighted by molar-refractivity contribution is 14.0. The Bertz CT molecular complexity index is 778. The number of rotatable bonds is 7. The predicted octanol–water partition coefficient (Wildman–Crippen LogP) is 4.57. The van der Waals surface area contributed by atoms with E-state index in [9.17, 15) is 13.2 Å². The van der Waals surface area contributed by atoms with Crippen LogP contribution in [0.4, 0.5) is 13.2 Å². The molecule has 0 radical (unpaired) electrons. The van der Waals surface area contributed by atoms with E-state index in [-0.39, 0.29) is 42.1 Å². The maximum absolute atomic E-state index is 12.6. The van der Waals surface area contributed by atoms with Crippen molar-refractivity contribution in [1.82, 2.24) is 20.9 Å². The van der Waals surface area contributed by atoms with E-state index in [1.54, 1.807) is 7.05 Å². The molecule has 29 heavy (non-hydrogen) atoms. The number of guanidine groups is 1. The lowest BCUT2D eigenvalue weighted by molar-refractivity contribution is -0.140. The van der Waals surface area contributed by atoms with Gasteiger partial charge in [0.1, 0.15) is 5.01 Å². The first kappa shape index (κ1) is 25.6. The minimum atomic E-state index is -4.42. The molecule has 0 aliphatic rings. The van der Waals surface area contributed by atoms with Gasteiger partial charge in [-0.2, -0.15) is 13.2 Å². The molecule has 0 amide bonds. The molecule has 3 N–H and O–H groups in total. The monoisotopic (exact) mass is 541 g/mol. The summed E-state index contributed by atoms with van der Waals surface area (Å²) < 4.78 is 37.9. The van der Waals surface area contributed by atoms with Gasteiger partial charge in [0.05, 0.1) is 6.54 Å². The van der Waals surface area contributed by atoms with Crippen molar-refractivity contribution in [3.05, 3.63) is 52.0 Å². The fourth-order valence-electron chi connectivity index (χ4n) is 2.67. The first-order valence-electron chi connectivity index (χ1n) is 8.89. The van der Waals surface area contributed by atoms with Crippen LogP contribution in [0.3, 0.4) is 0 Å². The van der Waals surface area contributed by atoms with Crippen LogP contribution in [-0.4, -0.2) is 30.1 Å². The minimum Gasteiger partial charge on any atom is -0.355 e. The molecule has 5 nitrogen and oxygen atoms in total. The minimum absolute atomic E-state index is 0. The largest absolute Gasteiger partial charge is 0.434 e. The molecule has 0 aliphatic heterocycles. The highest BCUT2D eigenvalue weighted by Crippen LogP contribution is 2.29. The summed E-state index contributed by atoms with van der Waals surface area (Å²) in [4.78, 5) is 7.73. The molecule has 0 saturated carbocycles. The van der Waals surface area contributed by atoms with Crippen molar-refractivity contribution in [3.8, 4) is 0 Å². The van der Waals surface area contributed by atoms with Gasteiger partial charge in [-0.25, -0.2) is 4.98 Å². The molecular weight excluding hydrogens is 514 g/mol. The summed E-state index contributed by atoms with van der Waals surface area (Å²) in [6.45, 7) is 7.00. The average Bonchev–Trinajstić information content (AvgIpc) is 3.11. The number of nitrogens with one attached hydrogen (secondary N) is 3. The van der Waals surface area contributed by atoms with Crippen molar-refractivity contribution in [1.29, 1.82) is 0 Å². The molecule has 1 unspecified atom stereocenters. The number of halogens is 4. The molecular formula is C19H27F3IN5S. The van der Waals surface area contributed by atoms with Gasteiger partial charge in [0, 0.05) is 30.6 Å². The second-order valence-electron chi connectivity index (χ2n) is 7.06. The van der Waals surface area contributed by atoms with Crippen molar-refractivity contribution in [2.45, 2.75) is 45.1 Å². The van der Waals surface area contributed by atoms with Crippen LogP contribution in [0.5, 0.6) is 0 Å². The lowest BCUT2D eigenvalue weighted by atomic mass is 10.0. The summed E-state index contributed by atoms with van der Waals surface area (Å²) in [5.74, 6) is 0.506. The van der Waals surface area contributed by atoms with Crippen LogP contribution in [0, 0.1) is 0 Å². The lowest BCUT2D eigenvalue weighted by Crippen LogP contribution is -2.52. The van der Waals surface area contributed by atoms with Crippen molar-refractivity contribution in [3.63, 3.8) is 0 Å². The van der Waals surface area contributed by atoms with Gasteiger partial charge in [-0.05, 0) is 26.3 Å². The maximum atomic E-state index is 12.6. The second-order valence-corrected chi connectivity index (χ2v) is 8.01. The van der Waals surface area contributed by atoms with Crippen molar-refractivity contribution in [2.75, 3.05) is 13.6 Å². The summed E-state index contributed by atoms with van der Waals surface area (Å²) in [6.07, 6.45) is -4.42. The molecule has 0 saturated heterocycles. The van der Waals surface area contributed by atoms with Crippen molar-refractivity contribution < 1.29 is 13.2 Å². The van der Waals surface area contributed by atoms with E-state index >= 15 is 0 Å². The molecule has 10 heteroatoms. The molecule has 2 rings (SSSR count). The molecule has 0 spiro atoms. The summed E-state index contributed by atoms with van der Waals surface area (Å²) >= 11 is 0.970. The Balaban J connectivity index is 0.00000420. The molecule has 2 aromatic rings. The third-order valence-corrected chi connectivity index (χ3v) is 4.93. The number of aromatic nitrogens is 1. The smallest absolute Gasteiger partial charge is 0.355 e. The molecule has 1 aromatic carbocycles. The van der Waals surface area contributed by atoms with E-state index in [4.69, 9.17) is 0 Å². The maximum Gasteiger partial charge on any atom is 0.434 e. The number of aliphatic imine (C=N–C) groups is 1. The fourth-order valence-corrected chi connectivity index (χ4v) is 3.41. The normalized spacial score (nSPS) is 13.6. The zero-order valence-electron chi connectivity index (χ0n) is 16.8. The molecule has 0 aliphatic carbocycles. The molecule has 1 aromatic heterocycles. The standard InChI is InChI=1S/C19H26F3N5S.HI/c1-13(14-8-6-5-7-9-14)27-18(2,3)12-25-17(23-4)24-10-16-26-15(11-28-16)19(20,21)22;/h5-9,11,13,27H,10,12H2,1-4H3,(H2,23,24,25);1H. The third-order valence-electron chi connectivity index (χ3n) is 4.08. The van der Waals surface area contributed by atoms with Crippen LogP contribution in [-0.2, 0) is 12.7 Å². The highest BCUT2D eigenvalue weighted by atomic mass is 127.